The van der Waals surface area contributed by atoms with Crippen molar-refractivity contribution in [2.24, 2.45) is 0 Å². The molecule has 0 fully saturated rings. The summed E-state index contributed by atoms with van der Waals surface area (Å²) >= 11 is 0. The Morgan fingerprint density at radius 2 is 1.93 bits per heavy atom. The van der Waals surface area contributed by atoms with Crippen LogP contribution in [0.25, 0.3) is 11.3 Å². The minimum atomic E-state index is 0.235. The van der Waals surface area contributed by atoms with Crippen molar-refractivity contribution < 1.29 is 0 Å². The highest BCUT2D eigenvalue weighted by molar-refractivity contribution is 5.72. The second-order valence-corrected chi connectivity index (χ2v) is 2.76. The highest BCUT2D eigenvalue weighted by Gasteiger charge is 2.03. The van der Waals surface area contributed by atoms with Crippen LogP contribution in [0, 0.1) is 0 Å². The first-order chi connectivity index (χ1) is 6.77. The molecule has 70 valence electrons. The molecule has 0 bridgehead atoms. The van der Waals surface area contributed by atoms with Crippen molar-refractivity contribution in [3.63, 3.8) is 0 Å². The Balaban J connectivity index is 2.55. The van der Waals surface area contributed by atoms with E-state index < -0.39 is 0 Å². The van der Waals surface area contributed by atoms with E-state index in [1.54, 1.807) is 30.7 Å². The number of hydrogen-bond donors (Lipinski definition) is 2. The molecule has 5 heteroatoms. The lowest BCUT2D eigenvalue weighted by Crippen LogP contribution is -1.97. The van der Waals surface area contributed by atoms with Crippen molar-refractivity contribution in [3.05, 3.63) is 30.7 Å². The molecule has 5 nitrogen and oxygen atoms in total. The van der Waals surface area contributed by atoms with E-state index in [1.165, 1.54) is 0 Å². The van der Waals surface area contributed by atoms with E-state index in [2.05, 4.69) is 15.0 Å². The molecule has 2 aromatic rings. The van der Waals surface area contributed by atoms with Crippen molar-refractivity contribution in [1.82, 2.24) is 15.0 Å². The third kappa shape index (κ3) is 1.47. The summed E-state index contributed by atoms with van der Waals surface area (Å²) in [7, 11) is 0. The maximum atomic E-state index is 5.74. The average Bonchev–Trinajstić information content (AvgIpc) is 2.18. The van der Waals surface area contributed by atoms with Crippen LogP contribution in [0.1, 0.15) is 0 Å². The Kier molecular flexibility index (Phi) is 1.98. The van der Waals surface area contributed by atoms with E-state index in [-0.39, 0.29) is 5.95 Å². The first-order valence-electron chi connectivity index (χ1n) is 4.06. The number of nitrogens with two attached hydrogens (primary N) is 2. The van der Waals surface area contributed by atoms with Crippen LogP contribution in [0.4, 0.5) is 11.6 Å². The van der Waals surface area contributed by atoms with Gasteiger partial charge in [0.05, 0.1) is 17.6 Å². The van der Waals surface area contributed by atoms with Gasteiger partial charge in [0.1, 0.15) is 0 Å². The Morgan fingerprint density at radius 1 is 1.07 bits per heavy atom. The molecule has 2 rings (SSSR count). The lowest BCUT2D eigenvalue weighted by atomic mass is 10.1. The highest BCUT2D eigenvalue weighted by atomic mass is 15.0. The van der Waals surface area contributed by atoms with Gasteiger partial charge in [0.15, 0.2) is 0 Å². The van der Waals surface area contributed by atoms with E-state index in [4.69, 9.17) is 11.5 Å². The second-order valence-electron chi connectivity index (χ2n) is 2.76. The molecule has 0 aromatic carbocycles. The van der Waals surface area contributed by atoms with E-state index in [1.807, 2.05) is 0 Å². The normalized spacial score (nSPS) is 10.0. The second kappa shape index (κ2) is 3.29. The van der Waals surface area contributed by atoms with Gasteiger partial charge in [-0.05, 0) is 12.1 Å². The molecule has 4 N–H and O–H groups in total. The predicted octanol–water partition coefficient (Wildman–Crippen LogP) is 0.703. The molecule has 0 amide bonds. The standard InChI is InChI=1S/C9H9N5/c10-7-5-12-3-1-6(7)8-2-4-13-9(11)14-8/h1-5H,10H2,(H2,11,13,14). The number of anilines is 2. The molecule has 0 unspecified atom stereocenters. The molecule has 2 aromatic heterocycles. The van der Waals surface area contributed by atoms with Crippen LogP contribution in [0.15, 0.2) is 30.7 Å². The molecule has 0 spiro atoms. The number of nitrogen functional groups attached to an aromatic ring is 2. The highest BCUT2D eigenvalue weighted by Crippen LogP contribution is 2.22. The number of hydrogen-bond acceptors (Lipinski definition) is 5. The zero-order valence-corrected chi connectivity index (χ0v) is 7.38. The van der Waals surface area contributed by atoms with Gasteiger partial charge < -0.3 is 11.5 Å². The number of rotatable bonds is 1. The van der Waals surface area contributed by atoms with Crippen LogP contribution in [-0.2, 0) is 0 Å². The summed E-state index contributed by atoms with van der Waals surface area (Å²) in [6.45, 7) is 0. The van der Waals surface area contributed by atoms with E-state index in [0.717, 1.165) is 5.56 Å². The third-order valence-corrected chi connectivity index (χ3v) is 1.80. The summed E-state index contributed by atoms with van der Waals surface area (Å²) in [6.07, 6.45) is 4.83. The zero-order valence-electron chi connectivity index (χ0n) is 7.38. The number of pyridine rings is 1. The van der Waals surface area contributed by atoms with Crippen LogP contribution < -0.4 is 11.5 Å². The molecule has 0 saturated heterocycles. The SMILES string of the molecule is Nc1nccc(-c2ccncc2N)n1. The number of nitrogens with zero attached hydrogens (tertiary/aromatic N) is 3. The third-order valence-electron chi connectivity index (χ3n) is 1.80. The summed E-state index contributed by atoms with van der Waals surface area (Å²) in [4.78, 5) is 11.8. The molecule has 14 heavy (non-hydrogen) atoms. The Bertz CT molecular complexity index is 454. The van der Waals surface area contributed by atoms with Crippen LogP contribution in [0.5, 0.6) is 0 Å². The average molecular weight is 187 g/mol. The van der Waals surface area contributed by atoms with Gasteiger partial charge >= 0.3 is 0 Å². The lowest BCUT2D eigenvalue weighted by molar-refractivity contribution is 1.19. The van der Waals surface area contributed by atoms with Crippen molar-refractivity contribution in [2.75, 3.05) is 11.5 Å². The van der Waals surface area contributed by atoms with Crippen molar-refractivity contribution in [2.45, 2.75) is 0 Å². The van der Waals surface area contributed by atoms with Crippen LogP contribution in [-0.4, -0.2) is 15.0 Å². The zero-order chi connectivity index (χ0) is 9.97. The predicted molar refractivity (Wildman–Crippen MR) is 54.1 cm³/mol. The van der Waals surface area contributed by atoms with Gasteiger partial charge in [0.25, 0.3) is 0 Å². The monoisotopic (exact) mass is 187 g/mol. The quantitative estimate of drug-likeness (QED) is 0.685. The summed E-state index contributed by atoms with van der Waals surface area (Å²) in [6, 6.07) is 3.54. The molecule has 0 aliphatic heterocycles. The number of aromatic nitrogens is 3. The molecular formula is C9H9N5. The lowest BCUT2D eigenvalue weighted by Gasteiger charge is -2.03. The molecule has 0 atom stereocenters. The van der Waals surface area contributed by atoms with Crippen molar-refractivity contribution in [3.8, 4) is 11.3 Å². The van der Waals surface area contributed by atoms with E-state index in [9.17, 15) is 0 Å². The largest absolute Gasteiger partial charge is 0.397 e. The smallest absolute Gasteiger partial charge is 0.220 e. The molecule has 2 heterocycles. The van der Waals surface area contributed by atoms with E-state index in [0.29, 0.717) is 11.4 Å². The van der Waals surface area contributed by atoms with Gasteiger partial charge in [0.2, 0.25) is 5.95 Å². The summed E-state index contributed by atoms with van der Waals surface area (Å²) < 4.78 is 0. The summed E-state index contributed by atoms with van der Waals surface area (Å²) in [5, 5.41) is 0. The first-order valence-corrected chi connectivity index (χ1v) is 4.06. The van der Waals surface area contributed by atoms with Crippen LogP contribution >= 0.6 is 0 Å². The van der Waals surface area contributed by atoms with Gasteiger partial charge in [-0.15, -0.1) is 0 Å². The van der Waals surface area contributed by atoms with E-state index >= 15 is 0 Å². The van der Waals surface area contributed by atoms with Gasteiger partial charge in [-0.25, -0.2) is 9.97 Å². The fourth-order valence-electron chi connectivity index (χ4n) is 1.16. The minimum absolute atomic E-state index is 0.235. The van der Waals surface area contributed by atoms with Gasteiger partial charge in [-0.3, -0.25) is 4.98 Å². The maximum Gasteiger partial charge on any atom is 0.220 e. The molecule has 0 radical (unpaired) electrons. The molecule has 0 aliphatic rings. The Hall–Kier alpha value is -2.17. The van der Waals surface area contributed by atoms with Gasteiger partial charge in [0, 0.05) is 18.0 Å². The first kappa shape index (κ1) is 8.43. The van der Waals surface area contributed by atoms with Gasteiger partial charge in [-0.2, -0.15) is 0 Å². The molecule has 0 aliphatic carbocycles. The maximum absolute atomic E-state index is 5.74. The van der Waals surface area contributed by atoms with Crippen molar-refractivity contribution >= 4 is 11.6 Å². The van der Waals surface area contributed by atoms with Crippen LogP contribution in [0.3, 0.4) is 0 Å². The Morgan fingerprint density at radius 3 is 2.64 bits per heavy atom. The van der Waals surface area contributed by atoms with Crippen LogP contribution in [0.2, 0.25) is 0 Å². The molecular weight excluding hydrogens is 178 g/mol. The fraction of sp³-hybridized carbons (Fsp3) is 0. The van der Waals surface area contributed by atoms with Gasteiger partial charge in [-0.1, -0.05) is 0 Å². The fourth-order valence-corrected chi connectivity index (χ4v) is 1.16. The minimum Gasteiger partial charge on any atom is -0.397 e. The summed E-state index contributed by atoms with van der Waals surface area (Å²) in [5.74, 6) is 0.235. The molecule has 0 saturated carbocycles. The topological polar surface area (TPSA) is 90.7 Å². The summed E-state index contributed by atoms with van der Waals surface area (Å²) in [5.41, 5.74) is 13.3. The van der Waals surface area contributed by atoms with Crippen molar-refractivity contribution in [1.29, 1.82) is 0 Å². The Labute approximate surface area is 80.8 Å².